The van der Waals surface area contributed by atoms with Crippen LogP contribution < -0.4 is 10.6 Å². The minimum absolute atomic E-state index is 0. The molecule has 1 aliphatic heterocycles. The van der Waals surface area contributed by atoms with Crippen LogP contribution in [-0.2, 0) is 9.53 Å². The largest absolute Gasteiger partial charge is 0.384 e. The summed E-state index contributed by atoms with van der Waals surface area (Å²) in [5.41, 5.74) is 2.34. The molecule has 1 saturated heterocycles. The van der Waals surface area contributed by atoms with E-state index in [0.29, 0.717) is 13.2 Å². The second kappa shape index (κ2) is 7.25. The lowest BCUT2D eigenvalue weighted by Gasteiger charge is -2.26. The Morgan fingerprint density at radius 2 is 2.26 bits per heavy atom. The number of aryl methyl sites for hydroxylation is 1. The number of benzene rings is 1. The number of nitrogens with zero attached hydrogens (tertiary/aromatic N) is 1. The van der Waals surface area contributed by atoms with Crippen LogP contribution in [0.1, 0.15) is 12.0 Å². The summed E-state index contributed by atoms with van der Waals surface area (Å²) >= 11 is 0. The Hall–Kier alpha value is -1.69. The van der Waals surface area contributed by atoms with Gasteiger partial charge in [0.05, 0.1) is 23.2 Å². The summed E-state index contributed by atoms with van der Waals surface area (Å²) in [7, 11) is 1.64. The molecule has 2 aromatic rings. The fourth-order valence-corrected chi connectivity index (χ4v) is 3.08. The molecule has 124 valence electrons. The van der Waals surface area contributed by atoms with Crippen LogP contribution in [0.3, 0.4) is 0 Å². The molecule has 2 heterocycles. The normalized spacial score (nSPS) is 20.3. The number of nitrogens with one attached hydrogen (secondary N) is 2. The summed E-state index contributed by atoms with van der Waals surface area (Å²) in [5.74, 6) is 0.00774. The van der Waals surface area contributed by atoms with Gasteiger partial charge >= 0.3 is 0 Å². The maximum atomic E-state index is 12.8. The van der Waals surface area contributed by atoms with Crippen molar-refractivity contribution in [2.24, 2.45) is 5.41 Å². The zero-order valence-corrected chi connectivity index (χ0v) is 14.2. The number of carbonyl (C=O) groups excluding carboxylic acids is 1. The summed E-state index contributed by atoms with van der Waals surface area (Å²) in [6, 6.07) is 7.81. The standard InChI is InChI=1S/C17H21N3O2.ClH/c1-12-5-6-14(13-4-3-8-19-15(12)13)20-16(21)17(11-22-2)7-9-18-10-17;/h3-6,8,18H,7,9-11H2,1-2H3,(H,20,21);1H. The number of carbonyl (C=O) groups is 1. The van der Waals surface area contributed by atoms with Gasteiger partial charge in [-0.05, 0) is 43.7 Å². The van der Waals surface area contributed by atoms with Crippen LogP contribution in [0.25, 0.3) is 10.9 Å². The molecule has 3 rings (SSSR count). The highest BCUT2D eigenvalue weighted by molar-refractivity contribution is 6.04. The van der Waals surface area contributed by atoms with Crippen LogP contribution in [0.5, 0.6) is 0 Å². The summed E-state index contributed by atoms with van der Waals surface area (Å²) in [5, 5.41) is 7.31. The lowest BCUT2D eigenvalue weighted by molar-refractivity contribution is -0.127. The van der Waals surface area contributed by atoms with Crippen molar-refractivity contribution in [1.82, 2.24) is 10.3 Å². The van der Waals surface area contributed by atoms with Gasteiger partial charge in [0, 0.05) is 25.2 Å². The Labute approximate surface area is 142 Å². The maximum Gasteiger partial charge on any atom is 0.234 e. The molecule has 1 atom stereocenters. The molecule has 1 fully saturated rings. The van der Waals surface area contributed by atoms with Gasteiger partial charge in [0.15, 0.2) is 0 Å². The zero-order chi connectivity index (χ0) is 15.6. The monoisotopic (exact) mass is 335 g/mol. The van der Waals surface area contributed by atoms with Crippen molar-refractivity contribution in [3.05, 3.63) is 36.0 Å². The van der Waals surface area contributed by atoms with Crippen LogP contribution in [0.2, 0.25) is 0 Å². The number of hydrogen-bond acceptors (Lipinski definition) is 4. The average molecular weight is 336 g/mol. The van der Waals surface area contributed by atoms with Crippen LogP contribution in [0.4, 0.5) is 5.69 Å². The highest BCUT2D eigenvalue weighted by Gasteiger charge is 2.41. The third-order valence-corrected chi connectivity index (χ3v) is 4.37. The number of aromatic nitrogens is 1. The first-order chi connectivity index (χ1) is 10.7. The fourth-order valence-electron chi connectivity index (χ4n) is 3.08. The number of fused-ring (bicyclic) bond motifs is 1. The van der Waals surface area contributed by atoms with Gasteiger partial charge in [0.25, 0.3) is 0 Å². The smallest absolute Gasteiger partial charge is 0.234 e. The molecule has 1 aromatic carbocycles. The molecule has 1 unspecified atom stereocenters. The Balaban J connectivity index is 0.00000192. The second-order valence-corrected chi connectivity index (χ2v) is 5.92. The molecule has 2 N–H and O–H groups in total. The average Bonchev–Trinajstić information content (AvgIpc) is 3.01. The van der Waals surface area contributed by atoms with Gasteiger partial charge < -0.3 is 15.4 Å². The predicted molar refractivity (Wildman–Crippen MR) is 94.2 cm³/mol. The first kappa shape index (κ1) is 17.7. The lowest BCUT2D eigenvalue weighted by Crippen LogP contribution is -2.41. The molecule has 6 heteroatoms. The molecule has 0 saturated carbocycles. The van der Waals surface area contributed by atoms with E-state index in [0.717, 1.165) is 35.1 Å². The third-order valence-electron chi connectivity index (χ3n) is 4.37. The number of halogens is 1. The van der Waals surface area contributed by atoms with Gasteiger partial charge in [-0.1, -0.05) is 6.07 Å². The van der Waals surface area contributed by atoms with Gasteiger partial charge in [-0.25, -0.2) is 0 Å². The van der Waals surface area contributed by atoms with E-state index in [4.69, 9.17) is 4.74 Å². The molecular formula is C17H22ClN3O2. The van der Waals surface area contributed by atoms with Crippen LogP contribution in [0.15, 0.2) is 30.5 Å². The fraction of sp³-hybridized carbons (Fsp3) is 0.412. The number of anilines is 1. The first-order valence-corrected chi connectivity index (χ1v) is 7.52. The van der Waals surface area contributed by atoms with E-state index >= 15 is 0 Å². The zero-order valence-electron chi connectivity index (χ0n) is 13.4. The summed E-state index contributed by atoms with van der Waals surface area (Å²) in [6.07, 6.45) is 2.56. The molecule has 0 aliphatic carbocycles. The highest BCUT2D eigenvalue weighted by Crippen LogP contribution is 2.30. The molecule has 0 bridgehead atoms. The first-order valence-electron chi connectivity index (χ1n) is 7.52. The van der Waals surface area contributed by atoms with Crippen LogP contribution in [0, 0.1) is 12.3 Å². The number of amides is 1. The maximum absolute atomic E-state index is 12.8. The molecule has 1 aromatic heterocycles. The number of ether oxygens (including phenoxy) is 1. The van der Waals surface area contributed by atoms with Crippen LogP contribution >= 0.6 is 12.4 Å². The number of hydrogen-bond donors (Lipinski definition) is 2. The van der Waals surface area contributed by atoms with E-state index in [1.54, 1.807) is 13.3 Å². The van der Waals surface area contributed by atoms with Gasteiger partial charge in [-0.2, -0.15) is 0 Å². The quantitative estimate of drug-likeness (QED) is 0.901. The van der Waals surface area contributed by atoms with Crippen molar-refractivity contribution in [2.45, 2.75) is 13.3 Å². The second-order valence-electron chi connectivity index (χ2n) is 5.92. The summed E-state index contributed by atoms with van der Waals surface area (Å²) in [4.78, 5) is 17.2. The van der Waals surface area contributed by atoms with E-state index in [9.17, 15) is 4.79 Å². The predicted octanol–water partition coefficient (Wildman–Crippen LogP) is 2.53. The summed E-state index contributed by atoms with van der Waals surface area (Å²) in [6.45, 7) is 3.93. The van der Waals surface area contributed by atoms with Gasteiger partial charge in [0.1, 0.15) is 0 Å². The van der Waals surface area contributed by atoms with Crippen molar-refractivity contribution in [3.63, 3.8) is 0 Å². The van der Waals surface area contributed by atoms with Crippen molar-refractivity contribution in [3.8, 4) is 0 Å². The lowest BCUT2D eigenvalue weighted by atomic mass is 9.87. The van der Waals surface area contributed by atoms with Gasteiger partial charge in [0.2, 0.25) is 5.91 Å². The number of rotatable bonds is 4. The number of pyridine rings is 1. The third kappa shape index (κ3) is 3.32. The van der Waals surface area contributed by atoms with E-state index < -0.39 is 5.41 Å². The van der Waals surface area contributed by atoms with Crippen molar-refractivity contribution in [2.75, 3.05) is 32.1 Å². The summed E-state index contributed by atoms with van der Waals surface area (Å²) < 4.78 is 5.28. The van der Waals surface area contributed by atoms with Crippen molar-refractivity contribution in [1.29, 1.82) is 0 Å². The molecule has 5 nitrogen and oxygen atoms in total. The van der Waals surface area contributed by atoms with Gasteiger partial charge in [-0.15, -0.1) is 12.4 Å². The Bertz CT molecular complexity index is 699. The highest BCUT2D eigenvalue weighted by atomic mass is 35.5. The van der Waals surface area contributed by atoms with Gasteiger partial charge in [-0.3, -0.25) is 9.78 Å². The Morgan fingerprint density at radius 3 is 2.96 bits per heavy atom. The molecule has 0 spiro atoms. The topological polar surface area (TPSA) is 63.2 Å². The minimum atomic E-state index is -0.492. The Morgan fingerprint density at radius 1 is 1.43 bits per heavy atom. The molecular weight excluding hydrogens is 314 g/mol. The molecule has 1 aliphatic rings. The van der Waals surface area contributed by atoms with E-state index in [2.05, 4.69) is 15.6 Å². The van der Waals surface area contributed by atoms with Crippen LogP contribution in [-0.4, -0.2) is 37.7 Å². The number of methoxy groups -OCH3 is 1. The Kier molecular flexibility index (Phi) is 5.57. The van der Waals surface area contributed by atoms with E-state index in [-0.39, 0.29) is 18.3 Å². The molecule has 0 radical (unpaired) electrons. The minimum Gasteiger partial charge on any atom is -0.384 e. The van der Waals surface area contributed by atoms with E-state index in [1.807, 2.05) is 31.2 Å². The molecule has 1 amide bonds. The van der Waals surface area contributed by atoms with Crippen molar-refractivity contribution < 1.29 is 9.53 Å². The van der Waals surface area contributed by atoms with Crippen molar-refractivity contribution >= 4 is 34.9 Å². The molecule has 23 heavy (non-hydrogen) atoms. The SMILES string of the molecule is COCC1(C(=O)Nc2ccc(C)c3ncccc23)CCNC1.Cl. The van der Waals surface area contributed by atoms with E-state index in [1.165, 1.54) is 0 Å².